The lowest BCUT2D eigenvalue weighted by atomic mass is 10.0. The molecule has 2 aliphatic rings. The van der Waals surface area contributed by atoms with E-state index in [1.807, 2.05) is 0 Å². The Hall–Kier alpha value is -3.29. The van der Waals surface area contributed by atoms with Gasteiger partial charge in [0.05, 0.1) is 45.1 Å². The highest BCUT2D eigenvalue weighted by molar-refractivity contribution is 5.84. The van der Waals surface area contributed by atoms with Crippen LogP contribution < -0.4 is 26.6 Å². The summed E-state index contributed by atoms with van der Waals surface area (Å²) in [5, 5.41) is 81.1. The van der Waals surface area contributed by atoms with Crippen molar-refractivity contribution in [3.8, 4) is 0 Å². The fourth-order valence-corrected chi connectivity index (χ4v) is 5.73. The molecule has 0 aliphatic carbocycles. The zero-order valence-corrected chi connectivity index (χ0v) is 32.0. The van der Waals surface area contributed by atoms with Crippen molar-refractivity contribution in [2.45, 2.75) is 120 Å². The van der Waals surface area contributed by atoms with E-state index >= 15 is 0 Å². The van der Waals surface area contributed by atoms with Crippen LogP contribution in [0.4, 0.5) is 4.79 Å². The van der Waals surface area contributed by atoms with Gasteiger partial charge in [-0.05, 0) is 46.0 Å². The van der Waals surface area contributed by atoms with Crippen molar-refractivity contribution in [1.29, 1.82) is 0 Å². The molecule has 22 heteroatoms. The number of ether oxygens (including phenoxy) is 4. The van der Waals surface area contributed by atoms with Crippen LogP contribution >= 0.6 is 0 Å². The van der Waals surface area contributed by atoms with E-state index in [1.54, 1.807) is 0 Å². The number of hydrogen-bond acceptors (Lipinski definition) is 16. The minimum atomic E-state index is -1.50. The molecular weight excluding hydrogens is 748 g/mol. The average molecular weight is 811 g/mol. The number of nitrogens with zero attached hydrogens (tertiary/aromatic N) is 1. The van der Waals surface area contributed by atoms with Gasteiger partial charge in [0, 0.05) is 39.1 Å². The fourth-order valence-electron chi connectivity index (χ4n) is 5.73. The molecule has 2 fully saturated rings. The Kier molecular flexibility index (Phi) is 23.2. The van der Waals surface area contributed by atoms with E-state index in [9.17, 15) is 54.6 Å². The Balaban J connectivity index is 1.69. The van der Waals surface area contributed by atoms with Gasteiger partial charge in [0.1, 0.15) is 36.6 Å². The maximum Gasteiger partial charge on any atom is 0.404 e. The molecule has 0 saturated carbocycles. The lowest BCUT2D eigenvalue weighted by Gasteiger charge is -2.38. The maximum atomic E-state index is 12.8. The summed E-state index contributed by atoms with van der Waals surface area (Å²) >= 11 is 0. The van der Waals surface area contributed by atoms with Gasteiger partial charge in [-0.1, -0.05) is 6.42 Å². The van der Waals surface area contributed by atoms with E-state index in [0.29, 0.717) is 51.6 Å². The molecule has 2 rings (SSSR count). The fraction of sp³-hybridized carbons (Fsp3) is 0.853. The third-order valence-electron chi connectivity index (χ3n) is 8.99. The van der Waals surface area contributed by atoms with Gasteiger partial charge in [-0.3, -0.25) is 24.1 Å². The summed E-state index contributed by atoms with van der Waals surface area (Å²) in [6, 6.07) is 0. The third kappa shape index (κ3) is 18.8. The Morgan fingerprint density at radius 1 is 0.500 bits per heavy atom. The molecule has 2 saturated heterocycles. The normalized spacial score (nSPS) is 27.7. The van der Waals surface area contributed by atoms with E-state index in [0.717, 1.165) is 0 Å². The summed E-state index contributed by atoms with van der Waals surface area (Å²) in [7, 11) is 0. The number of nitrogens with one attached hydrogen (secondary N) is 5. The van der Waals surface area contributed by atoms with Crippen LogP contribution in [0.5, 0.6) is 0 Å². The van der Waals surface area contributed by atoms with E-state index in [4.69, 9.17) is 24.1 Å². The molecule has 5 amide bonds. The summed E-state index contributed by atoms with van der Waals surface area (Å²) in [4.78, 5) is 62.2. The van der Waals surface area contributed by atoms with Gasteiger partial charge in [0.2, 0.25) is 23.6 Å². The molecule has 22 nitrogen and oxygen atoms in total. The first-order valence-corrected chi connectivity index (χ1v) is 19.0. The lowest BCUT2D eigenvalue weighted by molar-refractivity contribution is -0.292. The Labute approximate surface area is 325 Å². The first kappa shape index (κ1) is 48.9. The molecule has 0 unspecified atom stereocenters. The van der Waals surface area contributed by atoms with E-state index < -0.39 is 85.2 Å². The summed E-state index contributed by atoms with van der Waals surface area (Å²) in [5.74, 6) is -1.60. The number of aliphatic hydroxyl groups is 6. The lowest BCUT2D eigenvalue weighted by Crippen LogP contribution is -2.57. The van der Waals surface area contributed by atoms with Gasteiger partial charge in [0.25, 0.3) is 0 Å². The number of unbranched alkanes of at least 4 members (excludes halogenated alkanes) is 4. The Bertz CT molecular complexity index is 1210. The highest BCUT2D eigenvalue weighted by atomic mass is 16.7. The van der Waals surface area contributed by atoms with Crippen molar-refractivity contribution in [3.05, 3.63) is 0 Å². The highest BCUT2D eigenvalue weighted by Crippen LogP contribution is 2.22. The topological polar surface area (TPSA) is 327 Å². The van der Waals surface area contributed by atoms with Gasteiger partial charge in [-0.15, -0.1) is 0 Å². The van der Waals surface area contributed by atoms with Gasteiger partial charge < -0.3 is 81.3 Å². The minimum absolute atomic E-state index is 0.0103. The van der Waals surface area contributed by atoms with Crippen molar-refractivity contribution in [3.63, 3.8) is 0 Å². The van der Waals surface area contributed by atoms with Crippen LogP contribution in [0.25, 0.3) is 0 Å². The second-order valence-corrected chi connectivity index (χ2v) is 13.8. The molecular formula is C34H62N6O16. The molecule has 0 bridgehead atoms. The van der Waals surface area contributed by atoms with Gasteiger partial charge in [-0.25, -0.2) is 4.79 Å². The van der Waals surface area contributed by atoms with Crippen molar-refractivity contribution >= 4 is 29.7 Å². The second-order valence-electron chi connectivity index (χ2n) is 13.8. The second kappa shape index (κ2) is 26.6. The standard InChI is InChI=1S/C34H62N6O16/c1-20-26(45)28(47)30(49)32(55-20)53-15-13-37-22(41)9-5-3-6-10-35-23(42)17-40(18-24(43)36-11-7-4-8-12-39-34(51)52)19-25(44)38-14-16-54-33-31(50)29(48)27(46)21(2)56-33/h20-21,26-33,39,45-50H,3-19H2,1-2H3,(H,35,42)(H,36,43)(H,37,41)(H,38,44)(H,51,52)/t20-,21-,26+,27+,28+,29+,30-,31-,32+,33+/m0/s1. The number of amides is 5. The highest BCUT2D eigenvalue weighted by Gasteiger charge is 2.43. The van der Waals surface area contributed by atoms with Crippen molar-refractivity contribution in [2.75, 3.05) is 65.6 Å². The maximum absolute atomic E-state index is 12.8. The summed E-state index contributed by atoms with van der Waals surface area (Å²) in [6.07, 6.45) is -9.57. The molecule has 56 heavy (non-hydrogen) atoms. The van der Waals surface area contributed by atoms with Gasteiger partial charge in [-0.2, -0.15) is 0 Å². The molecule has 0 aromatic rings. The summed E-state index contributed by atoms with van der Waals surface area (Å²) in [5.41, 5.74) is 0. The molecule has 12 N–H and O–H groups in total. The number of carbonyl (C=O) groups is 5. The van der Waals surface area contributed by atoms with Crippen molar-refractivity contribution in [1.82, 2.24) is 31.5 Å². The van der Waals surface area contributed by atoms with Crippen LogP contribution in [0.1, 0.15) is 58.8 Å². The van der Waals surface area contributed by atoms with Crippen LogP contribution in [-0.2, 0) is 38.1 Å². The van der Waals surface area contributed by atoms with Crippen molar-refractivity contribution < 1.29 is 78.7 Å². The molecule has 2 aliphatic heterocycles. The number of aliphatic hydroxyl groups excluding tert-OH is 6. The van der Waals surface area contributed by atoms with Gasteiger partial charge >= 0.3 is 6.09 Å². The average Bonchev–Trinajstić information content (AvgIpc) is 3.14. The zero-order chi connectivity index (χ0) is 41.6. The van der Waals surface area contributed by atoms with Crippen LogP contribution in [0.2, 0.25) is 0 Å². The Morgan fingerprint density at radius 3 is 1.30 bits per heavy atom. The molecule has 0 aromatic heterocycles. The molecule has 0 aromatic carbocycles. The van der Waals surface area contributed by atoms with Crippen LogP contribution in [0, 0.1) is 0 Å². The quantitative estimate of drug-likeness (QED) is 0.0366. The molecule has 10 atom stereocenters. The number of rotatable bonds is 26. The van der Waals surface area contributed by atoms with E-state index in [2.05, 4.69) is 26.6 Å². The summed E-state index contributed by atoms with van der Waals surface area (Å²) < 4.78 is 21.5. The monoisotopic (exact) mass is 810 g/mol. The van der Waals surface area contributed by atoms with Crippen LogP contribution in [0.15, 0.2) is 0 Å². The first-order valence-electron chi connectivity index (χ1n) is 19.0. The first-order chi connectivity index (χ1) is 26.6. The molecule has 0 spiro atoms. The van der Waals surface area contributed by atoms with E-state index in [1.165, 1.54) is 18.7 Å². The number of carbonyl (C=O) groups excluding carboxylic acids is 4. The predicted octanol–water partition coefficient (Wildman–Crippen LogP) is -4.56. The smallest absolute Gasteiger partial charge is 0.404 e. The van der Waals surface area contributed by atoms with Crippen LogP contribution in [0.3, 0.4) is 0 Å². The number of carboxylic acid groups (broad SMARTS) is 1. The SMILES string of the molecule is C[C@@H]1O[C@@H](OCCNC(=O)CCCCCNC(=O)CN(CC(=O)NCCCCCNC(=O)O)CC(=O)NCCO[C@@H]2O[C@@H](C)[C@@H](O)[C@@H](O)[C@@H]2O)[C@@H](O)[C@H](O)[C@@H]1O. The zero-order valence-electron chi connectivity index (χ0n) is 32.0. The minimum Gasteiger partial charge on any atom is -0.465 e. The van der Waals surface area contributed by atoms with Gasteiger partial charge in [0.15, 0.2) is 12.6 Å². The predicted molar refractivity (Wildman–Crippen MR) is 193 cm³/mol. The molecule has 2 heterocycles. The largest absolute Gasteiger partial charge is 0.465 e. The van der Waals surface area contributed by atoms with Crippen molar-refractivity contribution in [2.24, 2.45) is 0 Å². The molecule has 0 radical (unpaired) electrons. The number of hydrogen-bond donors (Lipinski definition) is 12. The van der Waals surface area contributed by atoms with Crippen LogP contribution in [-0.4, -0.2) is 197 Å². The summed E-state index contributed by atoms with van der Waals surface area (Å²) in [6.45, 7) is 3.09. The third-order valence-corrected chi connectivity index (χ3v) is 8.99. The van der Waals surface area contributed by atoms with E-state index in [-0.39, 0.29) is 64.8 Å². The molecule has 324 valence electrons. The Morgan fingerprint density at radius 2 is 0.875 bits per heavy atom.